The van der Waals surface area contributed by atoms with E-state index in [9.17, 15) is 14.4 Å². The summed E-state index contributed by atoms with van der Waals surface area (Å²) in [4.78, 5) is 38.3. The molecule has 9 rings (SSSR count). The monoisotopic (exact) mass is 1570 g/mol. The predicted octanol–water partition coefficient (Wildman–Crippen LogP) is 20.4. The zero-order valence-corrected chi connectivity index (χ0v) is 79.4. The molecule has 6 heterocycles. The summed E-state index contributed by atoms with van der Waals surface area (Å²) >= 11 is 0. The number of hydrogen-bond acceptors (Lipinski definition) is 18. The van der Waals surface area contributed by atoms with Crippen molar-refractivity contribution < 1.29 is 33.3 Å². The van der Waals surface area contributed by atoms with E-state index in [1.165, 1.54) is 115 Å². The number of aryl methyl sites for hydroxylation is 2. The van der Waals surface area contributed by atoms with Crippen LogP contribution >= 0.6 is 0 Å². The Kier molecular flexibility index (Phi) is 72.3. The molecule has 3 aliphatic heterocycles. The van der Waals surface area contributed by atoms with Gasteiger partial charge in [0.15, 0.2) is 6.17 Å². The number of aromatic amines is 3. The van der Waals surface area contributed by atoms with E-state index in [0.29, 0.717) is 35.9 Å². The van der Waals surface area contributed by atoms with Gasteiger partial charge in [-0.25, -0.2) is 19.7 Å². The minimum absolute atomic E-state index is 0.00463. The van der Waals surface area contributed by atoms with E-state index < -0.39 is 0 Å². The Bertz CT molecular complexity index is 2480. The molecule has 0 spiro atoms. The van der Waals surface area contributed by atoms with Crippen LogP contribution in [0.2, 0.25) is 0 Å². The number of H-pyrrole nitrogens is 3. The maximum absolute atomic E-state index is 10.3. The summed E-state index contributed by atoms with van der Waals surface area (Å²) in [5, 5.41) is 40.1. The van der Waals surface area contributed by atoms with Gasteiger partial charge in [-0.05, 0) is 219 Å². The summed E-state index contributed by atoms with van der Waals surface area (Å²) in [7, 11) is 8.11. The summed E-state index contributed by atoms with van der Waals surface area (Å²) in [6, 6.07) is 0.616. The summed E-state index contributed by atoms with van der Waals surface area (Å²) < 4.78 is 29.5. The summed E-state index contributed by atoms with van der Waals surface area (Å²) in [5.41, 5.74) is 1.50. The molecule has 654 valence electrons. The number of piperidine rings is 1. The largest absolute Gasteiger partial charge is 0.379 e. The minimum Gasteiger partial charge on any atom is -0.379 e. The molecule has 25 nitrogen and oxygen atoms in total. The van der Waals surface area contributed by atoms with Crippen molar-refractivity contribution >= 4 is 18.3 Å². The molecule has 3 amide bonds. The lowest BCUT2D eigenvalue weighted by Crippen LogP contribution is -2.42. The van der Waals surface area contributed by atoms with E-state index in [0.717, 1.165) is 65.5 Å². The Balaban J connectivity index is -0.000000209. The van der Waals surface area contributed by atoms with Gasteiger partial charge in [-0.1, -0.05) is 165 Å². The van der Waals surface area contributed by atoms with Crippen LogP contribution in [0.4, 0.5) is 4.79 Å². The number of amides is 3. The van der Waals surface area contributed by atoms with E-state index in [-0.39, 0.29) is 51.6 Å². The molecule has 2 saturated heterocycles. The molecule has 6 aliphatic rings. The maximum atomic E-state index is 10.3. The number of nitrogens with one attached hydrogen (secondary N) is 5. The molecule has 110 heavy (non-hydrogen) atoms. The predicted molar refractivity (Wildman–Crippen MR) is 465 cm³/mol. The fourth-order valence-corrected chi connectivity index (χ4v) is 8.24. The fraction of sp³-hybridized carbons (Fsp3) is 0.906. The Hall–Kier alpha value is -5.08. The lowest BCUT2D eigenvalue weighted by Gasteiger charge is -2.37. The summed E-state index contributed by atoms with van der Waals surface area (Å²) in [6.07, 6.45) is 25.3. The van der Waals surface area contributed by atoms with E-state index in [1.807, 2.05) is 6.92 Å². The van der Waals surface area contributed by atoms with E-state index in [4.69, 9.17) is 23.7 Å². The number of aromatic nitrogens is 10. The topological polar surface area (TPSA) is 295 Å². The van der Waals surface area contributed by atoms with Crippen molar-refractivity contribution in [3.05, 3.63) is 34.8 Å². The van der Waals surface area contributed by atoms with Gasteiger partial charge >= 0.3 is 11.7 Å². The summed E-state index contributed by atoms with van der Waals surface area (Å²) in [5.74, 6) is 5.22. The van der Waals surface area contributed by atoms with Gasteiger partial charge in [-0.15, -0.1) is 5.11 Å². The molecule has 5 N–H and O–H groups in total. The van der Waals surface area contributed by atoms with Crippen molar-refractivity contribution in [2.75, 3.05) is 54.5 Å². The third-order valence-electron chi connectivity index (χ3n) is 13.2. The number of urea groups is 1. The van der Waals surface area contributed by atoms with Gasteiger partial charge in [0.05, 0.1) is 77.7 Å². The SMILES string of the molecule is CC(C)(C)C1CC1.CC(C)(C)C1N=CN=N1.CC(C)(C)OC1CCC1.CC(C)(C)OC1CCCCC1.CC(C)(C)OC1CCOC1.CC(C)C.CC(C)C.CC(C)C.CC(C)C.CC(C)C.CC(C)N1CCC(OC(C)(C)C)CC1.CNC(=O)N(C)C.CNC(C)=O.Cc1cn[nH]n1.Cn1nn[nH]c1=O.c1cn[nH]n1. The average molecular weight is 1570 g/mol. The Morgan fingerprint density at radius 2 is 0.918 bits per heavy atom. The van der Waals surface area contributed by atoms with Gasteiger partial charge in [-0.2, -0.15) is 40.6 Å². The first-order chi connectivity index (χ1) is 50.1. The van der Waals surface area contributed by atoms with Crippen molar-refractivity contribution in [1.29, 1.82) is 0 Å². The van der Waals surface area contributed by atoms with Gasteiger partial charge in [0, 0.05) is 73.3 Å². The van der Waals surface area contributed by atoms with Crippen LogP contribution in [-0.2, 0) is 35.5 Å². The van der Waals surface area contributed by atoms with Crippen LogP contribution in [-0.4, -0.2) is 193 Å². The Morgan fingerprint density at radius 1 is 0.536 bits per heavy atom. The van der Waals surface area contributed by atoms with Crippen molar-refractivity contribution in [2.24, 2.45) is 68.6 Å². The second kappa shape index (κ2) is 67.3. The van der Waals surface area contributed by atoms with Crippen LogP contribution < -0.4 is 16.3 Å². The molecule has 25 heteroatoms. The first kappa shape index (κ1) is 118. The molecule has 0 radical (unpaired) electrons. The van der Waals surface area contributed by atoms with Crippen LogP contribution in [0.1, 0.15) is 338 Å². The highest BCUT2D eigenvalue weighted by atomic mass is 16.6. The number of nitrogens with zero attached hydrogens (tertiary/aromatic N) is 12. The average Bonchev–Trinajstić information content (AvgIpc) is 1.67. The molecule has 5 fully saturated rings. The number of tetrazole rings is 1. The van der Waals surface area contributed by atoms with Gasteiger partial charge in [0.1, 0.15) is 6.34 Å². The van der Waals surface area contributed by atoms with Gasteiger partial charge in [0.25, 0.3) is 0 Å². The molecule has 2 atom stereocenters. The molecule has 3 aromatic rings. The van der Waals surface area contributed by atoms with Gasteiger partial charge < -0.3 is 44.1 Å². The lowest BCUT2D eigenvalue weighted by atomic mass is 9.91. The second-order valence-corrected chi connectivity index (χ2v) is 38.2. The van der Waals surface area contributed by atoms with E-state index >= 15 is 0 Å². The standard InChI is InChI=1S/C12H25NO.C10H20O.C8H16O2.C8H16O.C7H14.C6H11N3.C4H10N2O.5C4H10.C3H5N3.C3H7NO.C2H4N4O.C2H3N3/c1-10(2)13-8-6-11(7-9-13)14-12(3,4)5;1-10(2,3)11-9-7-5-4-6-8-9;1-8(2,3)10-7-4-5-9-6-7;1-8(2,3)9-7-5-4-6-7;1-7(2,3)6-4-5-6;1-6(2,3)5-7-4-8-9-5;1-5-4(7)6(2)3;5*1-4(2)3;1-3-2-4-6-5-3;1-3(5)4-2;1-6-2(7)3-4-5-6;1-2-4-5-3-1/h10-11H,6-9H2,1-5H3;9H,4-8H2,1-3H3;7H,4-6H2,1-3H3;7H,4-6H2,1-3H3;6H,4-5H2,1-3H3;4-5H,1-3H3;1-3H3,(H,5,7);5*4H,1-3H3;2H,1H3,(H,4,5,6);1-2H3,(H,4,5);1H3,(H,3,5,7);1-2H,(H,3,4,5). The van der Waals surface area contributed by atoms with Crippen LogP contribution in [0.25, 0.3) is 0 Å². The van der Waals surface area contributed by atoms with Crippen LogP contribution in [0.15, 0.2) is 38.6 Å². The van der Waals surface area contributed by atoms with Crippen molar-refractivity contribution in [2.45, 2.75) is 399 Å². The van der Waals surface area contributed by atoms with Crippen LogP contribution in [0.5, 0.6) is 0 Å². The highest BCUT2D eigenvalue weighted by molar-refractivity contribution is 5.73. The highest BCUT2D eigenvalue weighted by Crippen LogP contribution is 2.44. The molecule has 0 bridgehead atoms. The second-order valence-electron chi connectivity index (χ2n) is 38.2. The maximum Gasteiger partial charge on any atom is 0.360 e. The van der Waals surface area contributed by atoms with Crippen molar-refractivity contribution in [1.82, 2.24) is 71.5 Å². The number of ether oxygens (including phenoxy) is 5. The third-order valence-corrected chi connectivity index (χ3v) is 13.2. The number of azo groups is 1. The van der Waals surface area contributed by atoms with Crippen LogP contribution in [0, 0.1) is 53.3 Å². The number of aliphatic imine (C=N–C) groups is 1. The van der Waals surface area contributed by atoms with Gasteiger partial charge in [0.2, 0.25) is 5.91 Å². The van der Waals surface area contributed by atoms with E-state index in [1.54, 1.807) is 46.8 Å². The molecule has 2 unspecified atom stereocenters. The molecule has 0 aromatic carbocycles. The molecule has 3 saturated carbocycles. The molecular formula is C85H181N17O8. The molecule has 3 aromatic heterocycles. The van der Waals surface area contributed by atoms with Crippen LogP contribution in [0.3, 0.4) is 0 Å². The normalized spacial score (nSPS) is 16.7. The number of rotatable bonds is 5. The van der Waals surface area contributed by atoms with E-state index in [2.05, 4.69) is 319 Å². The highest BCUT2D eigenvalue weighted by Gasteiger charge is 2.33. The third kappa shape index (κ3) is 103. The first-order valence-corrected chi connectivity index (χ1v) is 41.2. The fourth-order valence-electron chi connectivity index (χ4n) is 8.24. The van der Waals surface area contributed by atoms with Crippen molar-refractivity contribution in [3.63, 3.8) is 0 Å². The van der Waals surface area contributed by atoms with Gasteiger partial charge in [-0.3, -0.25) is 4.79 Å². The zero-order chi connectivity index (χ0) is 87.3. The quantitative estimate of drug-likeness (QED) is 0.159. The minimum atomic E-state index is -0.292. The first-order valence-electron chi connectivity index (χ1n) is 41.2. The zero-order valence-electron chi connectivity index (χ0n) is 79.4. The Labute approximate surface area is 676 Å². The number of hydrogen-bond donors (Lipinski definition) is 5. The summed E-state index contributed by atoms with van der Waals surface area (Å²) in [6.45, 7) is 83.1. The number of carbonyl (C=O) groups is 2. The smallest absolute Gasteiger partial charge is 0.360 e. The molecular weight excluding hydrogens is 1390 g/mol. The Morgan fingerprint density at radius 3 is 1.08 bits per heavy atom. The van der Waals surface area contributed by atoms with Crippen molar-refractivity contribution in [3.8, 4) is 0 Å². The number of carbonyl (C=O) groups excluding carboxylic acids is 2. The molecule has 3 aliphatic carbocycles. The number of likely N-dealkylation sites (tertiary alicyclic amines) is 1. The lowest BCUT2D eigenvalue weighted by molar-refractivity contribution is -0.118.